The monoisotopic (exact) mass is 792 g/mol. The van der Waals surface area contributed by atoms with E-state index in [1.165, 1.54) is 28.9 Å². The van der Waals surface area contributed by atoms with E-state index in [-0.39, 0.29) is 29.7 Å². The average molecular weight is 793 g/mol. The Labute approximate surface area is 332 Å². The maximum atomic E-state index is 15.3. The number of rotatable bonds is 5. The number of carbonyl (C=O) groups excluding carboxylic acids is 1. The van der Waals surface area contributed by atoms with Gasteiger partial charge in [0.25, 0.3) is 0 Å². The SMILES string of the molecule is CO[C@H]1CN(C)C(=O)[C@@H]2C[C@@H](CN2c2nc(CN3CCNC4(CC4)C3)nc3c2cnn3-c2ccc(F)cc2F)Nc2cccc(n2)-c2cc(F)cc3nc(C)n(c23)C1. The van der Waals surface area contributed by atoms with Gasteiger partial charge in [-0.2, -0.15) is 5.10 Å². The average Bonchev–Trinajstić information content (AvgIpc) is 3.46. The Morgan fingerprint density at radius 3 is 2.66 bits per heavy atom. The molecule has 3 atom stereocenters. The van der Waals surface area contributed by atoms with E-state index in [4.69, 9.17) is 24.7 Å². The highest BCUT2D eigenvalue weighted by molar-refractivity contribution is 5.94. The van der Waals surface area contributed by atoms with Crippen LogP contribution < -0.4 is 15.5 Å². The molecule has 1 amide bonds. The first kappa shape index (κ1) is 36.7. The van der Waals surface area contributed by atoms with E-state index in [0.717, 1.165) is 44.1 Å². The van der Waals surface area contributed by atoms with Crippen LogP contribution in [0.2, 0.25) is 0 Å². The minimum Gasteiger partial charge on any atom is -0.378 e. The minimum absolute atomic E-state index is 0.0456. The second-order valence-corrected chi connectivity index (χ2v) is 16.1. The van der Waals surface area contributed by atoms with Crippen molar-refractivity contribution in [1.29, 1.82) is 0 Å². The molecule has 58 heavy (non-hydrogen) atoms. The number of carbonyl (C=O) groups is 1. The van der Waals surface area contributed by atoms with Crippen molar-refractivity contribution in [2.75, 3.05) is 57.1 Å². The summed E-state index contributed by atoms with van der Waals surface area (Å²) in [5.41, 5.74) is 2.93. The van der Waals surface area contributed by atoms with E-state index in [1.54, 1.807) is 25.3 Å². The number of anilines is 2. The molecule has 4 bridgehead atoms. The van der Waals surface area contributed by atoms with Gasteiger partial charge in [-0.25, -0.2) is 37.8 Å². The Hall–Kier alpha value is -5.65. The zero-order valence-corrected chi connectivity index (χ0v) is 32.4. The summed E-state index contributed by atoms with van der Waals surface area (Å²) in [5, 5.41) is 12.3. The standard InChI is InChI=1S/C41H43F3N12O2/c1-23-47-32-15-25(43)13-28-31-5-4-6-35(49-31)48-26-16-34(40(57)52(2)19-27(58-3)20-54(23)37(28)32)55(18-26)38-29-17-46-56(33-8-7-24(42)14-30(33)44)39(29)51-36(50-38)21-53-12-11-45-41(22-53)9-10-41/h4-8,13-15,17,26-27,34,45H,9-12,16,18-22H2,1-3H3,(H,48,49)/t26-,27-,34-/m0/s1. The molecule has 0 radical (unpaired) electrons. The van der Waals surface area contributed by atoms with E-state index < -0.39 is 29.6 Å². The third-order valence-electron chi connectivity index (χ3n) is 12.1. The lowest BCUT2D eigenvalue weighted by atomic mass is 10.1. The van der Waals surface area contributed by atoms with Crippen LogP contribution in [0.25, 0.3) is 39.0 Å². The highest BCUT2D eigenvalue weighted by atomic mass is 19.1. The maximum absolute atomic E-state index is 15.3. The first-order chi connectivity index (χ1) is 28.0. The molecule has 14 nitrogen and oxygen atoms in total. The summed E-state index contributed by atoms with van der Waals surface area (Å²) in [5.74, 6) is 0.205. The van der Waals surface area contributed by atoms with Crippen LogP contribution in [0.15, 0.2) is 54.7 Å². The highest BCUT2D eigenvalue weighted by Gasteiger charge is 2.46. The van der Waals surface area contributed by atoms with E-state index >= 15 is 8.78 Å². The Morgan fingerprint density at radius 1 is 0.983 bits per heavy atom. The molecule has 6 aromatic rings. The molecule has 2 N–H and O–H groups in total. The van der Waals surface area contributed by atoms with Crippen LogP contribution in [-0.2, 0) is 22.6 Å². The van der Waals surface area contributed by atoms with E-state index in [9.17, 15) is 9.18 Å². The number of amides is 1. The molecule has 1 spiro atoms. The second kappa shape index (κ2) is 14.0. The summed E-state index contributed by atoms with van der Waals surface area (Å²) in [6.45, 7) is 5.79. The summed E-state index contributed by atoms with van der Waals surface area (Å²) in [6, 6.07) is 10.9. The third-order valence-corrected chi connectivity index (χ3v) is 12.1. The summed E-state index contributed by atoms with van der Waals surface area (Å²) >= 11 is 0. The third kappa shape index (κ3) is 6.50. The lowest BCUT2D eigenvalue weighted by Crippen LogP contribution is -2.52. The fraction of sp³-hybridized carbons (Fsp3) is 0.415. The smallest absolute Gasteiger partial charge is 0.245 e. The number of pyridine rings is 1. The number of imidazole rings is 1. The first-order valence-corrected chi connectivity index (χ1v) is 19.7. The van der Waals surface area contributed by atoms with Gasteiger partial charge in [-0.05, 0) is 56.5 Å². The number of aromatic nitrogens is 7. The Morgan fingerprint density at radius 2 is 1.84 bits per heavy atom. The number of hydrogen-bond donors (Lipinski definition) is 2. The Bertz CT molecular complexity index is 2590. The fourth-order valence-corrected chi connectivity index (χ4v) is 9.03. The minimum atomic E-state index is -0.780. The molecule has 7 heterocycles. The summed E-state index contributed by atoms with van der Waals surface area (Å²) in [6.07, 6.45) is 3.77. The van der Waals surface area contributed by atoms with Gasteiger partial charge in [0, 0.05) is 76.2 Å². The number of likely N-dealkylation sites (N-methyl/N-ethyl adjacent to an activating group) is 1. The topological polar surface area (TPSA) is 134 Å². The Balaban J connectivity index is 1.08. The van der Waals surface area contributed by atoms with Gasteiger partial charge >= 0.3 is 0 Å². The number of benzene rings is 2. The van der Waals surface area contributed by atoms with E-state index in [2.05, 4.69) is 20.6 Å². The second-order valence-electron chi connectivity index (χ2n) is 16.1. The van der Waals surface area contributed by atoms with Crippen LogP contribution >= 0.6 is 0 Å². The van der Waals surface area contributed by atoms with Crippen molar-refractivity contribution in [2.45, 2.75) is 63.0 Å². The van der Waals surface area contributed by atoms with Crippen molar-refractivity contribution < 1.29 is 22.7 Å². The molecule has 17 heteroatoms. The highest BCUT2D eigenvalue weighted by Crippen LogP contribution is 2.39. The van der Waals surface area contributed by atoms with Crippen LogP contribution in [-0.4, -0.2) is 121 Å². The molecule has 2 saturated heterocycles. The van der Waals surface area contributed by atoms with Crippen molar-refractivity contribution in [1.82, 2.24) is 49.4 Å². The lowest BCUT2D eigenvalue weighted by molar-refractivity contribution is -0.132. The van der Waals surface area contributed by atoms with Crippen LogP contribution in [0.5, 0.6) is 0 Å². The number of methoxy groups -OCH3 is 1. The van der Waals surface area contributed by atoms with Crippen LogP contribution in [0, 0.1) is 24.4 Å². The number of ether oxygens (including phenoxy) is 1. The van der Waals surface area contributed by atoms with Gasteiger partial charge in [0.2, 0.25) is 5.91 Å². The molecule has 0 unspecified atom stereocenters. The van der Waals surface area contributed by atoms with Crippen LogP contribution in [0.1, 0.15) is 30.9 Å². The molecule has 3 fully saturated rings. The number of nitrogens with zero attached hydrogens (tertiary/aromatic N) is 10. The summed E-state index contributed by atoms with van der Waals surface area (Å²) in [4.78, 5) is 40.6. The van der Waals surface area contributed by atoms with E-state index in [1.807, 2.05) is 34.6 Å². The Kier molecular flexibility index (Phi) is 8.87. The number of fused-ring (bicyclic) bond motifs is 6. The van der Waals surface area contributed by atoms with Gasteiger partial charge < -0.3 is 29.7 Å². The van der Waals surface area contributed by atoms with Crippen molar-refractivity contribution in [3.63, 3.8) is 0 Å². The van der Waals surface area contributed by atoms with Crippen molar-refractivity contribution >= 4 is 39.6 Å². The van der Waals surface area contributed by atoms with Gasteiger partial charge in [-0.3, -0.25) is 9.69 Å². The molecule has 1 aliphatic carbocycles. The summed E-state index contributed by atoms with van der Waals surface area (Å²) < 4.78 is 53.9. The van der Waals surface area contributed by atoms with Gasteiger partial charge in [0.1, 0.15) is 46.6 Å². The van der Waals surface area contributed by atoms with Crippen molar-refractivity contribution in [2.24, 2.45) is 0 Å². The number of nitrogens with one attached hydrogen (secondary N) is 2. The van der Waals surface area contributed by atoms with Gasteiger partial charge in [-0.1, -0.05) is 6.07 Å². The first-order valence-electron chi connectivity index (χ1n) is 19.7. The summed E-state index contributed by atoms with van der Waals surface area (Å²) in [7, 11) is 3.38. The zero-order valence-electron chi connectivity index (χ0n) is 32.4. The van der Waals surface area contributed by atoms with Crippen molar-refractivity contribution in [3.05, 3.63) is 83.8 Å². The van der Waals surface area contributed by atoms with Crippen molar-refractivity contribution in [3.8, 4) is 16.9 Å². The van der Waals surface area contributed by atoms with E-state index in [0.29, 0.717) is 77.1 Å². The fourth-order valence-electron chi connectivity index (χ4n) is 9.03. The number of hydrogen-bond acceptors (Lipinski definition) is 11. The number of aryl methyl sites for hydroxylation is 1. The molecule has 3 aliphatic heterocycles. The number of halogens is 3. The molecule has 2 aromatic carbocycles. The van der Waals surface area contributed by atoms with Gasteiger partial charge in [-0.15, -0.1) is 0 Å². The maximum Gasteiger partial charge on any atom is 0.245 e. The molecule has 1 saturated carbocycles. The lowest BCUT2D eigenvalue weighted by Gasteiger charge is -2.34. The molecule has 4 aromatic heterocycles. The molecule has 10 rings (SSSR count). The molecular formula is C41H43F3N12O2. The predicted octanol–water partition coefficient (Wildman–Crippen LogP) is 4.44. The molecule has 4 aliphatic rings. The molecule has 300 valence electrons. The molecular weight excluding hydrogens is 750 g/mol. The van der Waals surface area contributed by atoms with Crippen LogP contribution in [0.3, 0.4) is 0 Å². The number of piperazine rings is 1. The predicted molar refractivity (Wildman–Crippen MR) is 211 cm³/mol. The normalized spacial score (nSPS) is 22.1. The zero-order chi connectivity index (χ0) is 39.9. The largest absolute Gasteiger partial charge is 0.378 e. The van der Waals surface area contributed by atoms with Gasteiger partial charge in [0.05, 0.1) is 47.5 Å². The quantitative estimate of drug-likeness (QED) is 0.257. The van der Waals surface area contributed by atoms with Crippen LogP contribution in [0.4, 0.5) is 24.8 Å². The van der Waals surface area contributed by atoms with Gasteiger partial charge in [0.15, 0.2) is 11.5 Å².